The van der Waals surface area contributed by atoms with Crippen LogP contribution in [0.15, 0.2) is 103 Å². The lowest BCUT2D eigenvalue weighted by molar-refractivity contribution is 0.759. The smallest absolute Gasteiger partial charge is 0.0991 e. The Morgan fingerprint density at radius 3 is 1.55 bits per heavy atom. The van der Waals surface area contributed by atoms with Crippen molar-refractivity contribution >= 4 is 0 Å². The summed E-state index contributed by atoms with van der Waals surface area (Å²) in [5.74, 6) is 0.508. The SMILES string of the molecule is CC(Cc1ccc(-c2ccc(-c3ccc(C#N)cc3)cc2)cc1)c1ccccc1. The molecule has 0 aliphatic heterocycles. The Morgan fingerprint density at radius 1 is 0.621 bits per heavy atom. The van der Waals surface area contributed by atoms with Crippen LogP contribution in [0.25, 0.3) is 22.3 Å². The van der Waals surface area contributed by atoms with Crippen molar-refractivity contribution < 1.29 is 0 Å². The van der Waals surface area contributed by atoms with E-state index in [4.69, 9.17) is 5.26 Å². The summed E-state index contributed by atoms with van der Waals surface area (Å²) >= 11 is 0. The van der Waals surface area contributed by atoms with Crippen molar-refractivity contribution in [3.63, 3.8) is 0 Å². The van der Waals surface area contributed by atoms with Crippen LogP contribution in [0.4, 0.5) is 0 Å². The quantitative estimate of drug-likeness (QED) is 0.362. The van der Waals surface area contributed by atoms with E-state index in [1.54, 1.807) is 0 Å². The molecule has 0 aliphatic carbocycles. The van der Waals surface area contributed by atoms with Gasteiger partial charge in [-0.1, -0.05) is 97.9 Å². The molecule has 0 heterocycles. The lowest BCUT2D eigenvalue weighted by Gasteiger charge is -2.12. The van der Waals surface area contributed by atoms with Gasteiger partial charge in [0.25, 0.3) is 0 Å². The van der Waals surface area contributed by atoms with Gasteiger partial charge in [-0.2, -0.15) is 5.26 Å². The largest absolute Gasteiger partial charge is 0.192 e. The minimum Gasteiger partial charge on any atom is -0.192 e. The van der Waals surface area contributed by atoms with Gasteiger partial charge < -0.3 is 0 Å². The van der Waals surface area contributed by atoms with E-state index >= 15 is 0 Å². The third kappa shape index (κ3) is 4.45. The highest BCUT2D eigenvalue weighted by Crippen LogP contribution is 2.27. The maximum absolute atomic E-state index is 8.94. The third-order valence-electron chi connectivity index (χ3n) is 5.43. The van der Waals surface area contributed by atoms with E-state index in [0.717, 1.165) is 17.5 Å². The van der Waals surface area contributed by atoms with Crippen LogP contribution >= 0.6 is 0 Å². The van der Waals surface area contributed by atoms with Gasteiger partial charge in [0.05, 0.1) is 11.6 Å². The lowest BCUT2D eigenvalue weighted by Crippen LogP contribution is -1.98. The molecule has 1 heteroatoms. The van der Waals surface area contributed by atoms with Crippen LogP contribution in [0.2, 0.25) is 0 Å². The Morgan fingerprint density at radius 2 is 1.07 bits per heavy atom. The molecule has 0 spiro atoms. The monoisotopic (exact) mass is 373 g/mol. The van der Waals surface area contributed by atoms with Gasteiger partial charge in [0.15, 0.2) is 0 Å². The third-order valence-corrected chi connectivity index (χ3v) is 5.43. The highest BCUT2D eigenvalue weighted by Gasteiger charge is 2.07. The van der Waals surface area contributed by atoms with Gasteiger partial charge >= 0.3 is 0 Å². The molecule has 4 aromatic rings. The summed E-state index contributed by atoms with van der Waals surface area (Å²) in [5.41, 5.74) is 8.16. The van der Waals surface area contributed by atoms with Crippen LogP contribution < -0.4 is 0 Å². The first-order valence-electron chi connectivity index (χ1n) is 9.98. The van der Waals surface area contributed by atoms with Crippen LogP contribution in [-0.2, 0) is 6.42 Å². The minimum atomic E-state index is 0.508. The van der Waals surface area contributed by atoms with Gasteiger partial charge in [0.1, 0.15) is 0 Å². The number of rotatable bonds is 5. The van der Waals surface area contributed by atoms with Gasteiger partial charge in [-0.05, 0) is 57.9 Å². The second kappa shape index (κ2) is 8.59. The summed E-state index contributed by atoms with van der Waals surface area (Å²) in [5, 5.41) is 8.94. The first kappa shape index (κ1) is 18.7. The molecular weight excluding hydrogens is 350 g/mol. The molecule has 4 aromatic carbocycles. The van der Waals surface area contributed by atoms with Crippen molar-refractivity contribution in [2.75, 3.05) is 0 Å². The Balaban J connectivity index is 1.46. The summed E-state index contributed by atoms with van der Waals surface area (Å²) in [7, 11) is 0. The molecule has 140 valence electrons. The zero-order valence-electron chi connectivity index (χ0n) is 16.5. The summed E-state index contributed by atoms with van der Waals surface area (Å²) < 4.78 is 0. The van der Waals surface area contributed by atoms with Crippen LogP contribution in [0, 0.1) is 11.3 Å². The van der Waals surface area contributed by atoms with E-state index < -0.39 is 0 Å². The van der Waals surface area contributed by atoms with Crippen molar-refractivity contribution in [3.05, 3.63) is 120 Å². The van der Waals surface area contributed by atoms with Crippen LogP contribution in [0.3, 0.4) is 0 Å². The van der Waals surface area contributed by atoms with E-state index in [9.17, 15) is 0 Å². The first-order chi connectivity index (χ1) is 14.2. The number of nitriles is 1. The molecule has 0 saturated carbocycles. The molecule has 0 amide bonds. The van der Waals surface area contributed by atoms with Gasteiger partial charge in [0, 0.05) is 0 Å². The standard InChI is InChI=1S/C28H23N/c1-21(24-5-3-2-4-6-24)19-22-7-11-25(12-8-22)27-15-17-28(18-16-27)26-13-9-23(20-29)10-14-26/h2-18,21H,19H2,1H3. The molecule has 4 rings (SSSR count). The fourth-order valence-corrected chi connectivity index (χ4v) is 3.68. The zero-order chi connectivity index (χ0) is 20.1. The predicted octanol–water partition coefficient (Wildman–Crippen LogP) is 7.24. The van der Waals surface area contributed by atoms with Crippen LogP contribution in [0.1, 0.15) is 29.5 Å². The predicted molar refractivity (Wildman–Crippen MR) is 121 cm³/mol. The maximum Gasteiger partial charge on any atom is 0.0991 e. The Labute approximate surface area is 172 Å². The Bertz CT molecular complexity index is 1100. The van der Waals surface area contributed by atoms with Crippen molar-refractivity contribution in [2.45, 2.75) is 19.3 Å². The first-order valence-corrected chi connectivity index (χ1v) is 9.98. The van der Waals surface area contributed by atoms with Gasteiger partial charge in [-0.25, -0.2) is 0 Å². The summed E-state index contributed by atoms with van der Waals surface area (Å²) in [6, 6.07) is 38.1. The molecule has 0 aliphatic rings. The van der Waals surface area contributed by atoms with E-state index in [0.29, 0.717) is 11.5 Å². The van der Waals surface area contributed by atoms with Crippen molar-refractivity contribution in [2.24, 2.45) is 0 Å². The molecule has 0 N–H and O–H groups in total. The molecule has 0 saturated heterocycles. The average molecular weight is 373 g/mol. The second-order valence-corrected chi connectivity index (χ2v) is 7.48. The van der Waals surface area contributed by atoms with Crippen LogP contribution in [0.5, 0.6) is 0 Å². The van der Waals surface area contributed by atoms with Crippen molar-refractivity contribution in [1.29, 1.82) is 5.26 Å². The maximum atomic E-state index is 8.94. The Hall–Kier alpha value is -3.63. The number of hydrogen-bond acceptors (Lipinski definition) is 1. The summed E-state index contributed by atoms with van der Waals surface area (Å²) in [6.45, 7) is 2.28. The van der Waals surface area contributed by atoms with E-state index in [-0.39, 0.29) is 0 Å². The van der Waals surface area contributed by atoms with Crippen molar-refractivity contribution in [1.82, 2.24) is 0 Å². The van der Waals surface area contributed by atoms with E-state index in [1.165, 1.54) is 22.3 Å². The van der Waals surface area contributed by atoms with Gasteiger partial charge in [0.2, 0.25) is 0 Å². The van der Waals surface area contributed by atoms with Gasteiger partial charge in [-0.15, -0.1) is 0 Å². The zero-order valence-corrected chi connectivity index (χ0v) is 16.5. The normalized spacial score (nSPS) is 11.6. The molecule has 0 aromatic heterocycles. The second-order valence-electron chi connectivity index (χ2n) is 7.48. The molecule has 1 atom stereocenters. The summed E-state index contributed by atoms with van der Waals surface area (Å²) in [6.07, 6.45) is 1.04. The minimum absolute atomic E-state index is 0.508. The highest BCUT2D eigenvalue weighted by molar-refractivity contribution is 5.70. The molecule has 0 fully saturated rings. The molecular formula is C28H23N. The highest BCUT2D eigenvalue weighted by atomic mass is 14.2. The average Bonchev–Trinajstić information content (AvgIpc) is 2.80. The van der Waals surface area contributed by atoms with Gasteiger partial charge in [-0.3, -0.25) is 0 Å². The fourth-order valence-electron chi connectivity index (χ4n) is 3.68. The molecule has 29 heavy (non-hydrogen) atoms. The lowest BCUT2D eigenvalue weighted by atomic mass is 9.92. The fraction of sp³-hybridized carbons (Fsp3) is 0.107. The number of hydrogen-bond donors (Lipinski definition) is 0. The topological polar surface area (TPSA) is 23.8 Å². The Kier molecular flexibility index (Phi) is 5.54. The van der Waals surface area contributed by atoms with E-state index in [2.05, 4.69) is 91.9 Å². The van der Waals surface area contributed by atoms with Crippen molar-refractivity contribution in [3.8, 4) is 28.3 Å². The summed E-state index contributed by atoms with van der Waals surface area (Å²) in [4.78, 5) is 0. The van der Waals surface area contributed by atoms with Crippen LogP contribution in [-0.4, -0.2) is 0 Å². The molecule has 1 unspecified atom stereocenters. The molecule has 1 nitrogen and oxygen atoms in total. The number of benzene rings is 4. The molecule has 0 bridgehead atoms. The van der Waals surface area contributed by atoms with E-state index in [1.807, 2.05) is 24.3 Å². The molecule has 0 radical (unpaired) electrons. The number of nitrogens with zero attached hydrogens (tertiary/aromatic N) is 1.